The molecule has 2 aromatic rings. The molecule has 2 saturated heterocycles. The molecule has 0 spiro atoms. The van der Waals surface area contributed by atoms with Gasteiger partial charge in [-0.3, -0.25) is 19.3 Å². The minimum Gasteiger partial charge on any atom is -0.454 e. The number of ether oxygens (including phenoxy) is 1. The first-order chi connectivity index (χ1) is 16.8. The van der Waals surface area contributed by atoms with Crippen molar-refractivity contribution < 1.29 is 28.3 Å². The molecule has 0 aliphatic carbocycles. The highest BCUT2D eigenvalue weighted by molar-refractivity contribution is 6.09. The van der Waals surface area contributed by atoms with Gasteiger partial charge in [0, 0.05) is 31.9 Å². The summed E-state index contributed by atoms with van der Waals surface area (Å²) >= 11 is 0. The van der Waals surface area contributed by atoms with Gasteiger partial charge in [0.2, 0.25) is 0 Å². The van der Waals surface area contributed by atoms with E-state index in [1.54, 1.807) is 48.2 Å². The van der Waals surface area contributed by atoms with Crippen molar-refractivity contribution in [1.82, 2.24) is 15.1 Å². The number of nitrogens with one attached hydrogen (secondary N) is 1. The number of nitrogens with zero attached hydrogens (tertiary/aromatic N) is 3. The molecule has 9 nitrogen and oxygen atoms in total. The largest absolute Gasteiger partial charge is 0.454 e. The summed E-state index contributed by atoms with van der Waals surface area (Å²) < 4.78 is 18.2. The van der Waals surface area contributed by atoms with E-state index >= 15 is 0 Å². The molecule has 2 fully saturated rings. The van der Waals surface area contributed by atoms with Gasteiger partial charge < -0.3 is 19.9 Å². The zero-order chi connectivity index (χ0) is 25.0. The maximum atomic E-state index is 13.1. The Balaban J connectivity index is 1.27. The number of piperazine rings is 1. The first kappa shape index (κ1) is 24.2. The molecule has 2 aliphatic rings. The van der Waals surface area contributed by atoms with E-state index in [1.165, 1.54) is 12.1 Å². The number of rotatable bonds is 7. The molecule has 0 radical (unpaired) electrons. The third-order valence-electron chi connectivity index (χ3n) is 6.44. The molecule has 35 heavy (non-hydrogen) atoms. The molecule has 2 heterocycles. The minimum atomic E-state index is -1.24. The number of esters is 1. The van der Waals surface area contributed by atoms with Crippen LogP contribution in [0.4, 0.5) is 14.9 Å². The van der Waals surface area contributed by atoms with Crippen LogP contribution in [0.2, 0.25) is 0 Å². The third-order valence-corrected chi connectivity index (χ3v) is 6.44. The molecule has 2 aliphatic heterocycles. The van der Waals surface area contributed by atoms with E-state index in [0.29, 0.717) is 38.2 Å². The van der Waals surface area contributed by atoms with Gasteiger partial charge in [-0.1, -0.05) is 37.3 Å². The van der Waals surface area contributed by atoms with E-state index in [1.807, 2.05) is 11.0 Å². The molecular weight excluding hydrogens is 455 g/mol. The Morgan fingerprint density at radius 2 is 1.66 bits per heavy atom. The molecule has 10 heteroatoms. The van der Waals surface area contributed by atoms with Crippen molar-refractivity contribution in [2.45, 2.75) is 18.9 Å². The zero-order valence-corrected chi connectivity index (χ0v) is 19.4. The summed E-state index contributed by atoms with van der Waals surface area (Å²) in [5.74, 6) is -2.04. The monoisotopic (exact) mass is 482 g/mol. The van der Waals surface area contributed by atoms with Crippen molar-refractivity contribution >= 4 is 29.5 Å². The van der Waals surface area contributed by atoms with Crippen LogP contribution in [0.25, 0.3) is 0 Å². The second-order valence-corrected chi connectivity index (χ2v) is 8.45. The second-order valence-electron chi connectivity index (χ2n) is 8.45. The van der Waals surface area contributed by atoms with Crippen LogP contribution in [0.3, 0.4) is 0 Å². The number of carbonyl (C=O) groups excluding carboxylic acids is 4. The Labute approximate surface area is 202 Å². The zero-order valence-electron chi connectivity index (χ0n) is 19.4. The van der Waals surface area contributed by atoms with Gasteiger partial charge in [0.25, 0.3) is 11.8 Å². The highest BCUT2D eigenvalue weighted by Gasteiger charge is 2.51. The van der Waals surface area contributed by atoms with Gasteiger partial charge in [-0.15, -0.1) is 0 Å². The van der Waals surface area contributed by atoms with E-state index in [9.17, 15) is 23.6 Å². The number of imide groups is 1. The van der Waals surface area contributed by atoms with Crippen LogP contribution in [-0.2, 0) is 24.7 Å². The van der Waals surface area contributed by atoms with E-state index in [2.05, 4.69) is 5.32 Å². The third kappa shape index (κ3) is 4.96. The number of anilines is 1. The average Bonchev–Trinajstić information content (AvgIpc) is 3.13. The lowest BCUT2D eigenvalue weighted by atomic mass is 9.87. The lowest BCUT2D eigenvalue weighted by Gasteiger charge is -2.36. The lowest BCUT2D eigenvalue weighted by Crippen LogP contribution is -2.50. The quantitative estimate of drug-likeness (QED) is 0.478. The van der Waals surface area contributed by atoms with Crippen molar-refractivity contribution in [3.05, 3.63) is 66.0 Å². The number of carbonyl (C=O) groups is 4. The highest BCUT2D eigenvalue weighted by Crippen LogP contribution is 2.32. The minimum absolute atomic E-state index is 0.307. The summed E-state index contributed by atoms with van der Waals surface area (Å²) in [4.78, 5) is 54.9. The van der Waals surface area contributed by atoms with Crippen LogP contribution in [0, 0.1) is 5.82 Å². The van der Waals surface area contributed by atoms with Gasteiger partial charge in [-0.25, -0.2) is 9.18 Å². The molecular formula is C25H27FN4O5. The fraction of sp³-hybridized carbons (Fsp3) is 0.360. The number of benzene rings is 2. The summed E-state index contributed by atoms with van der Waals surface area (Å²) in [6.07, 6.45) is 0.315. The Hall–Kier alpha value is -3.95. The highest BCUT2D eigenvalue weighted by atomic mass is 19.1. The van der Waals surface area contributed by atoms with Crippen molar-refractivity contribution in [3.8, 4) is 0 Å². The molecule has 184 valence electrons. The molecule has 0 bridgehead atoms. The van der Waals surface area contributed by atoms with E-state index in [-0.39, 0.29) is 11.7 Å². The Bertz CT molecular complexity index is 1100. The van der Waals surface area contributed by atoms with Gasteiger partial charge in [0.05, 0.1) is 0 Å². The van der Waals surface area contributed by atoms with E-state index < -0.39 is 36.6 Å². The SMILES string of the molecule is CC[C@]1(c2ccccc2)NC(=O)N(CC(=O)OCC(=O)N2CCN(c3ccc(F)cc3)CC2)C1=O. The Morgan fingerprint density at radius 1 is 1.00 bits per heavy atom. The molecule has 4 amide bonds. The van der Waals surface area contributed by atoms with Crippen LogP contribution < -0.4 is 10.2 Å². The van der Waals surface area contributed by atoms with Crippen molar-refractivity contribution in [1.29, 1.82) is 0 Å². The molecule has 1 N–H and O–H groups in total. The standard InChI is InChI=1S/C25H27FN4O5/c1-2-25(18-6-4-3-5-7-18)23(33)30(24(34)27-25)16-22(32)35-17-21(31)29-14-12-28(13-15-29)20-10-8-19(26)9-11-20/h3-11H,2,12-17H2,1H3,(H,27,34)/t25-/m1/s1. The summed E-state index contributed by atoms with van der Waals surface area (Å²) in [6, 6.07) is 14.3. The normalized spacial score (nSPS) is 20.1. The molecule has 0 unspecified atom stereocenters. The number of urea groups is 1. The maximum absolute atomic E-state index is 13.1. The van der Waals surface area contributed by atoms with Crippen LogP contribution in [0.15, 0.2) is 54.6 Å². The van der Waals surface area contributed by atoms with Crippen LogP contribution in [-0.4, -0.2) is 72.9 Å². The van der Waals surface area contributed by atoms with Gasteiger partial charge in [-0.05, 0) is 36.2 Å². The molecule has 1 atom stereocenters. The summed E-state index contributed by atoms with van der Waals surface area (Å²) in [5.41, 5.74) is 0.266. The van der Waals surface area contributed by atoms with Crippen LogP contribution >= 0.6 is 0 Å². The number of amides is 4. The fourth-order valence-electron chi connectivity index (χ4n) is 4.41. The fourth-order valence-corrected chi connectivity index (χ4v) is 4.41. The maximum Gasteiger partial charge on any atom is 0.326 e. The van der Waals surface area contributed by atoms with Crippen molar-refractivity contribution in [3.63, 3.8) is 0 Å². The molecule has 0 aromatic heterocycles. The number of hydrogen-bond acceptors (Lipinski definition) is 6. The van der Waals surface area contributed by atoms with Crippen LogP contribution in [0.1, 0.15) is 18.9 Å². The average molecular weight is 483 g/mol. The summed E-state index contributed by atoms with van der Waals surface area (Å²) in [6.45, 7) is 2.70. The molecule has 4 rings (SSSR count). The van der Waals surface area contributed by atoms with E-state index in [4.69, 9.17) is 4.74 Å². The molecule has 2 aromatic carbocycles. The number of halogens is 1. The van der Waals surface area contributed by atoms with Gasteiger partial charge in [0.1, 0.15) is 17.9 Å². The number of hydrogen-bond donors (Lipinski definition) is 1. The summed E-state index contributed by atoms with van der Waals surface area (Å²) in [7, 11) is 0. The first-order valence-electron chi connectivity index (χ1n) is 11.5. The Morgan fingerprint density at radius 3 is 2.29 bits per heavy atom. The smallest absolute Gasteiger partial charge is 0.326 e. The Kier molecular flexibility index (Phi) is 6.99. The van der Waals surface area contributed by atoms with Gasteiger partial charge >= 0.3 is 12.0 Å². The summed E-state index contributed by atoms with van der Waals surface area (Å²) in [5, 5.41) is 2.70. The van der Waals surface area contributed by atoms with Crippen molar-refractivity contribution in [2.75, 3.05) is 44.2 Å². The van der Waals surface area contributed by atoms with Crippen LogP contribution in [0.5, 0.6) is 0 Å². The van der Waals surface area contributed by atoms with Gasteiger partial charge in [0.15, 0.2) is 6.61 Å². The van der Waals surface area contributed by atoms with E-state index in [0.717, 1.165) is 10.6 Å². The lowest BCUT2D eigenvalue weighted by molar-refractivity contribution is -0.154. The predicted molar refractivity (Wildman–Crippen MR) is 125 cm³/mol. The first-order valence-corrected chi connectivity index (χ1v) is 11.5. The second kappa shape index (κ2) is 10.1. The van der Waals surface area contributed by atoms with Crippen molar-refractivity contribution in [2.24, 2.45) is 0 Å². The molecule has 0 saturated carbocycles. The predicted octanol–water partition coefficient (Wildman–Crippen LogP) is 1.87. The van der Waals surface area contributed by atoms with Gasteiger partial charge in [-0.2, -0.15) is 0 Å². The topological polar surface area (TPSA) is 99.3 Å².